The van der Waals surface area contributed by atoms with Gasteiger partial charge in [0.1, 0.15) is 5.54 Å². The molecule has 0 spiro atoms. The molecular formula is C15H19NO3S. The quantitative estimate of drug-likeness (QED) is 0.871. The molecule has 1 heterocycles. The molecule has 0 bridgehead atoms. The lowest BCUT2D eigenvalue weighted by Gasteiger charge is -2.24. The molecule has 1 aliphatic rings. The number of amides is 1. The Hall–Kier alpha value is -1.49. The first-order valence-electron chi connectivity index (χ1n) is 6.69. The number of aryl methyl sites for hydroxylation is 2. The average Bonchev–Trinajstić information content (AvgIpc) is 2.88. The number of carboxylic acids is 1. The highest BCUT2D eigenvalue weighted by Gasteiger charge is 2.43. The van der Waals surface area contributed by atoms with Crippen LogP contribution in [0.15, 0.2) is 24.3 Å². The Morgan fingerprint density at radius 2 is 2.05 bits per heavy atom. The molecule has 0 aromatic heterocycles. The van der Waals surface area contributed by atoms with E-state index in [4.69, 9.17) is 0 Å². The van der Waals surface area contributed by atoms with Crippen LogP contribution in [-0.2, 0) is 16.0 Å². The highest BCUT2D eigenvalue weighted by molar-refractivity contribution is 7.99. The zero-order chi connectivity index (χ0) is 14.6. The van der Waals surface area contributed by atoms with Crippen LogP contribution in [0.5, 0.6) is 0 Å². The standard InChI is InChI=1S/C15H19NO3S/c1-11-2-4-12(5-3-11)6-7-13(17)16-15(14(18)19)8-9-20-10-15/h2-5H,6-10H2,1H3,(H,16,17)(H,18,19). The molecule has 2 N–H and O–H groups in total. The third-order valence-electron chi connectivity index (χ3n) is 3.57. The average molecular weight is 293 g/mol. The monoisotopic (exact) mass is 293 g/mol. The highest BCUT2D eigenvalue weighted by Crippen LogP contribution is 2.28. The van der Waals surface area contributed by atoms with Crippen LogP contribution in [0.25, 0.3) is 0 Å². The summed E-state index contributed by atoms with van der Waals surface area (Å²) in [7, 11) is 0. The summed E-state index contributed by atoms with van der Waals surface area (Å²) in [5.41, 5.74) is 1.22. The summed E-state index contributed by atoms with van der Waals surface area (Å²) in [5.74, 6) is 0.130. The second kappa shape index (κ2) is 6.31. The van der Waals surface area contributed by atoms with Crippen molar-refractivity contribution in [2.75, 3.05) is 11.5 Å². The molecule has 0 aliphatic carbocycles. The van der Waals surface area contributed by atoms with Gasteiger partial charge in [-0.25, -0.2) is 4.79 Å². The molecule has 2 rings (SSSR count). The lowest BCUT2D eigenvalue weighted by molar-refractivity contribution is -0.146. The normalized spacial score (nSPS) is 21.6. The summed E-state index contributed by atoms with van der Waals surface area (Å²) >= 11 is 1.57. The van der Waals surface area contributed by atoms with Crippen molar-refractivity contribution in [1.29, 1.82) is 0 Å². The summed E-state index contributed by atoms with van der Waals surface area (Å²) < 4.78 is 0. The molecule has 5 heteroatoms. The number of thioether (sulfide) groups is 1. The summed E-state index contributed by atoms with van der Waals surface area (Å²) in [5, 5.41) is 12.0. The maximum absolute atomic E-state index is 12.0. The van der Waals surface area contributed by atoms with E-state index in [0.29, 0.717) is 25.0 Å². The predicted molar refractivity (Wildman–Crippen MR) is 80.0 cm³/mol. The van der Waals surface area contributed by atoms with Crippen molar-refractivity contribution in [3.8, 4) is 0 Å². The Morgan fingerprint density at radius 3 is 2.60 bits per heavy atom. The van der Waals surface area contributed by atoms with E-state index < -0.39 is 11.5 Å². The van der Waals surface area contributed by atoms with E-state index in [2.05, 4.69) is 5.32 Å². The molecule has 1 aliphatic heterocycles. The Kier molecular flexibility index (Phi) is 4.70. The van der Waals surface area contributed by atoms with Crippen LogP contribution >= 0.6 is 11.8 Å². The maximum atomic E-state index is 12.0. The van der Waals surface area contributed by atoms with Crippen molar-refractivity contribution in [3.05, 3.63) is 35.4 Å². The van der Waals surface area contributed by atoms with Gasteiger partial charge >= 0.3 is 5.97 Å². The van der Waals surface area contributed by atoms with Gasteiger partial charge in [0.15, 0.2) is 0 Å². The Morgan fingerprint density at radius 1 is 1.35 bits per heavy atom. The molecule has 108 valence electrons. The van der Waals surface area contributed by atoms with Crippen LogP contribution in [-0.4, -0.2) is 34.0 Å². The molecule has 0 radical (unpaired) electrons. The maximum Gasteiger partial charge on any atom is 0.330 e. The Labute approximate surface area is 123 Å². The van der Waals surface area contributed by atoms with Crippen LogP contribution in [0.2, 0.25) is 0 Å². The number of rotatable bonds is 5. The smallest absolute Gasteiger partial charge is 0.330 e. The fourth-order valence-corrected chi connectivity index (χ4v) is 3.55. The first-order chi connectivity index (χ1) is 9.52. The van der Waals surface area contributed by atoms with Gasteiger partial charge in [-0.2, -0.15) is 11.8 Å². The number of nitrogens with one attached hydrogen (secondary N) is 1. The molecule has 4 nitrogen and oxygen atoms in total. The van der Waals surface area contributed by atoms with Crippen LogP contribution in [0, 0.1) is 6.92 Å². The van der Waals surface area contributed by atoms with E-state index in [1.807, 2.05) is 31.2 Å². The molecular weight excluding hydrogens is 274 g/mol. The number of aliphatic carboxylic acids is 1. The van der Waals surface area contributed by atoms with Crippen molar-refractivity contribution in [2.24, 2.45) is 0 Å². The molecule has 1 saturated heterocycles. The lowest BCUT2D eigenvalue weighted by atomic mass is 9.98. The van der Waals surface area contributed by atoms with E-state index in [9.17, 15) is 14.7 Å². The third kappa shape index (κ3) is 3.54. The summed E-state index contributed by atoms with van der Waals surface area (Å²) in [6, 6.07) is 8.03. The summed E-state index contributed by atoms with van der Waals surface area (Å²) in [6.07, 6.45) is 1.46. The van der Waals surface area contributed by atoms with Crippen LogP contribution < -0.4 is 5.32 Å². The number of carbonyl (C=O) groups excluding carboxylic acids is 1. The number of hydrogen-bond donors (Lipinski definition) is 2. The topological polar surface area (TPSA) is 66.4 Å². The minimum absolute atomic E-state index is 0.185. The SMILES string of the molecule is Cc1ccc(CCC(=O)NC2(C(=O)O)CCSC2)cc1. The first-order valence-corrected chi connectivity index (χ1v) is 7.85. The number of carboxylic acid groups (broad SMARTS) is 1. The Bertz CT molecular complexity index is 492. The molecule has 1 aromatic carbocycles. The van der Waals surface area contributed by atoms with E-state index in [1.54, 1.807) is 11.8 Å². The van der Waals surface area contributed by atoms with Gasteiger partial charge in [0.05, 0.1) is 0 Å². The van der Waals surface area contributed by atoms with Gasteiger partial charge in [-0.05, 0) is 31.1 Å². The minimum Gasteiger partial charge on any atom is -0.479 e. The number of hydrogen-bond acceptors (Lipinski definition) is 3. The van der Waals surface area contributed by atoms with E-state index >= 15 is 0 Å². The molecule has 0 saturated carbocycles. The highest BCUT2D eigenvalue weighted by atomic mass is 32.2. The molecule has 1 amide bonds. The molecule has 1 aromatic rings. The van der Waals surface area contributed by atoms with Gasteiger partial charge in [0.25, 0.3) is 0 Å². The molecule has 20 heavy (non-hydrogen) atoms. The second-order valence-corrected chi connectivity index (χ2v) is 6.33. The lowest BCUT2D eigenvalue weighted by Crippen LogP contribution is -2.54. The van der Waals surface area contributed by atoms with Gasteiger partial charge in [0.2, 0.25) is 5.91 Å². The number of carbonyl (C=O) groups is 2. The van der Waals surface area contributed by atoms with Crippen molar-refractivity contribution in [3.63, 3.8) is 0 Å². The zero-order valence-corrected chi connectivity index (χ0v) is 12.3. The van der Waals surface area contributed by atoms with Crippen molar-refractivity contribution in [2.45, 2.75) is 31.7 Å². The fourth-order valence-electron chi connectivity index (χ4n) is 2.23. The molecule has 1 unspecified atom stereocenters. The van der Waals surface area contributed by atoms with Gasteiger partial charge in [-0.1, -0.05) is 29.8 Å². The van der Waals surface area contributed by atoms with Crippen molar-refractivity contribution < 1.29 is 14.7 Å². The van der Waals surface area contributed by atoms with E-state index in [0.717, 1.165) is 11.3 Å². The Balaban J connectivity index is 1.89. The zero-order valence-electron chi connectivity index (χ0n) is 11.5. The van der Waals surface area contributed by atoms with Gasteiger partial charge < -0.3 is 10.4 Å². The van der Waals surface area contributed by atoms with Crippen molar-refractivity contribution in [1.82, 2.24) is 5.32 Å². The van der Waals surface area contributed by atoms with Crippen LogP contribution in [0.4, 0.5) is 0 Å². The van der Waals surface area contributed by atoms with Gasteiger partial charge in [-0.3, -0.25) is 4.79 Å². The summed E-state index contributed by atoms with van der Waals surface area (Å²) in [6.45, 7) is 2.02. The molecule has 1 atom stereocenters. The fraction of sp³-hybridized carbons (Fsp3) is 0.467. The minimum atomic E-state index is -1.06. The van der Waals surface area contributed by atoms with Gasteiger partial charge in [-0.15, -0.1) is 0 Å². The first kappa shape index (κ1) is 14.9. The molecule has 1 fully saturated rings. The van der Waals surface area contributed by atoms with Crippen molar-refractivity contribution >= 4 is 23.6 Å². The second-order valence-electron chi connectivity index (χ2n) is 5.22. The van der Waals surface area contributed by atoms with Crippen LogP contribution in [0.3, 0.4) is 0 Å². The summed E-state index contributed by atoms with van der Waals surface area (Å²) in [4.78, 5) is 23.3. The van der Waals surface area contributed by atoms with E-state index in [-0.39, 0.29) is 5.91 Å². The van der Waals surface area contributed by atoms with E-state index in [1.165, 1.54) is 5.56 Å². The van der Waals surface area contributed by atoms with Crippen LogP contribution in [0.1, 0.15) is 24.0 Å². The van der Waals surface area contributed by atoms with Gasteiger partial charge in [0, 0.05) is 12.2 Å². The predicted octanol–water partition coefficient (Wildman–Crippen LogP) is 2.00. The number of benzene rings is 1. The third-order valence-corrected chi connectivity index (χ3v) is 4.76. The largest absolute Gasteiger partial charge is 0.479 e.